The fourth-order valence-electron chi connectivity index (χ4n) is 1.14. The van der Waals surface area contributed by atoms with Crippen LogP contribution in [-0.4, -0.2) is 11.9 Å². The van der Waals surface area contributed by atoms with Crippen molar-refractivity contribution in [2.24, 2.45) is 0 Å². The molecule has 1 rings (SSSR count). The Morgan fingerprint density at radius 3 is 2.71 bits per heavy atom. The number of carbonyl (C=O) groups excluding carboxylic acids is 1. The van der Waals surface area contributed by atoms with E-state index in [1.165, 1.54) is 0 Å². The largest absolute Gasteiger partial charge is 0.339 e. The molecular formula is C12H13NO. The molecule has 0 aromatic heterocycles. The molecule has 0 heterocycles. The number of rotatable bonds is 2. The van der Waals surface area contributed by atoms with Gasteiger partial charge in [-0.3, -0.25) is 4.79 Å². The summed E-state index contributed by atoms with van der Waals surface area (Å²) >= 11 is 0. The Morgan fingerprint density at radius 1 is 1.50 bits per heavy atom. The molecule has 0 saturated heterocycles. The van der Waals surface area contributed by atoms with Gasteiger partial charge < -0.3 is 5.32 Å². The summed E-state index contributed by atoms with van der Waals surface area (Å²) in [6.45, 7) is 3.67. The van der Waals surface area contributed by atoms with Gasteiger partial charge in [-0.25, -0.2) is 0 Å². The molecule has 0 aliphatic heterocycles. The highest BCUT2D eigenvalue weighted by Gasteiger charge is 2.09. The molecular weight excluding hydrogens is 174 g/mol. The summed E-state index contributed by atoms with van der Waals surface area (Å²) in [5.41, 5.74) is 1.63. The monoisotopic (exact) mass is 187 g/mol. The Labute approximate surface area is 84.3 Å². The van der Waals surface area contributed by atoms with E-state index < -0.39 is 0 Å². The van der Waals surface area contributed by atoms with Crippen LogP contribution in [0.15, 0.2) is 24.3 Å². The van der Waals surface area contributed by atoms with Gasteiger partial charge in [0.15, 0.2) is 0 Å². The second kappa shape index (κ2) is 4.48. The molecule has 14 heavy (non-hydrogen) atoms. The van der Waals surface area contributed by atoms with Gasteiger partial charge in [-0.15, -0.1) is 6.42 Å². The lowest BCUT2D eigenvalue weighted by atomic mass is 10.1. The summed E-state index contributed by atoms with van der Waals surface area (Å²) in [5.74, 6) is 2.34. The van der Waals surface area contributed by atoms with Crippen LogP contribution in [0.25, 0.3) is 0 Å². The van der Waals surface area contributed by atoms with Crippen molar-refractivity contribution in [1.29, 1.82) is 0 Å². The van der Waals surface area contributed by atoms with Gasteiger partial charge in [-0.2, -0.15) is 0 Å². The third-order valence-corrected chi connectivity index (χ3v) is 1.99. The summed E-state index contributed by atoms with van der Waals surface area (Å²) in [5, 5.41) is 2.71. The zero-order valence-corrected chi connectivity index (χ0v) is 8.37. The van der Waals surface area contributed by atoms with Crippen LogP contribution >= 0.6 is 0 Å². The van der Waals surface area contributed by atoms with Gasteiger partial charge >= 0.3 is 0 Å². The van der Waals surface area contributed by atoms with Crippen LogP contribution in [0.3, 0.4) is 0 Å². The molecule has 1 N–H and O–H groups in total. The van der Waals surface area contributed by atoms with Crippen molar-refractivity contribution in [3.8, 4) is 12.3 Å². The summed E-state index contributed by atoms with van der Waals surface area (Å²) in [6.07, 6.45) is 5.17. The number of amides is 1. The minimum absolute atomic E-state index is 0.117. The molecule has 0 fully saturated rings. The fraction of sp³-hybridized carbons (Fsp3) is 0.250. The molecule has 1 aromatic carbocycles. The third kappa shape index (κ3) is 2.37. The molecule has 1 aromatic rings. The Morgan fingerprint density at radius 2 is 2.14 bits per heavy atom. The predicted molar refractivity (Wildman–Crippen MR) is 56.9 cm³/mol. The number of aryl methyl sites for hydroxylation is 1. The maximum absolute atomic E-state index is 11.6. The van der Waals surface area contributed by atoms with E-state index in [-0.39, 0.29) is 11.9 Å². The van der Waals surface area contributed by atoms with E-state index in [2.05, 4.69) is 11.2 Å². The summed E-state index contributed by atoms with van der Waals surface area (Å²) in [4.78, 5) is 11.6. The molecule has 0 spiro atoms. The van der Waals surface area contributed by atoms with Crippen molar-refractivity contribution in [2.45, 2.75) is 19.9 Å². The molecule has 0 aliphatic carbocycles. The lowest BCUT2D eigenvalue weighted by Gasteiger charge is -2.09. The highest BCUT2D eigenvalue weighted by Crippen LogP contribution is 2.06. The standard InChI is InChI=1S/C12H13NO/c1-4-10(3)13-12(14)11-8-6-5-7-9(11)2/h1,5-8,10H,2-3H3,(H,13,14). The summed E-state index contributed by atoms with van der Waals surface area (Å²) in [7, 11) is 0. The molecule has 1 atom stereocenters. The van der Waals surface area contributed by atoms with Gasteiger partial charge in [-0.1, -0.05) is 24.1 Å². The lowest BCUT2D eigenvalue weighted by molar-refractivity contribution is 0.0947. The first kappa shape index (κ1) is 10.3. The van der Waals surface area contributed by atoms with Crippen LogP contribution in [-0.2, 0) is 0 Å². The van der Waals surface area contributed by atoms with E-state index in [9.17, 15) is 4.79 Å². The third-order valence-electron chi connectivity index (χ3n) is 1.99. The van der Waals surface area contributed by atoms with Crippen molar-refractivity contribution in [1.82, 2.24) is 5.32 Å². The van der Waals surface area contributed by atoms with Gasteiger partial charge in [0, 0.05) is 5.56 Å². The first-order chi connectivity index (χ1) is 6.65. The second-order valence-electron chi connectivity index (χ2n) is 3.18. The minimum atomic E-state index is -0.234. The van der Waals surface area contributed by atoms with Gasteiger partial charge in [0.05, 0.1) is 6.04 Å². The van der Waals surface area contributed by atoms with Crippen LogP contribution in [0, 0.1) is 19.3 Å². The Hall–Kier alpha value is -1.75. The van der Waals surface area contributed by atoms with Crippen molar-refractivity contribution in [2.75, 3.05) is 0 Å². The fourth-order valence-corrected chi connectivity index (χ4v) is 1.14. The maximum atomic E-state index is 11.6. The van der Waals surface area contributed by atoms with Crippen LogP contribution in [0.5, 0.6) is 0 Å². The first-order valence-electron chi connectivity index (χ1n) is 4.47. The summed E-state index contributed by atoms with van der Waals surface area (Å²) < 4.78 is 0. The van der Waals surface area contributed by atoms with Crippen LogP contribution in [0.1, 0.15) is 22.8 Å². The van der Waals surface area contributed by atoms with E-state index in [0.29, 0.717) is 5.56 Å². The van der Waals surface area contributed by atoms with Gasteiger partial charge in [-0.05, 0) is 25.5 Å². The van der Waals surface area contributed by atoms with Crippen LogP contribution < -0.4 is 5.32 Å². The molecule has 2 nitrogen and oxygen atoms in total. The first-order valence-corrected chi connectivity index (χ1v) is 4.47. The van der Waals surface area contributed by atoms with E-state index in [1.807, 2.05) is 25.1 Å². The molecule has 72 valence electrons. The number of hydrogen-bond donors (Lipinski definition) is 1. The molecule has 0 saturated carbocycles. The number of hydrogen-bond acceptors (Lipinski definition) is 1. The number of carbonyl (C=O) groups is 1. The smallest absolute Gasteiger partial charge is 0.252 e. The van der Waals surface area contributed by atoms with Crippen LogP contribution in [0.4, 0.5) is 0 Å². The SMILES string of the molecule is C#CC(C)NC(=O)c1ccccc1C. The molecule has 1 unspecified atom stereocenters. The molecule has 0 bridgehead atoms. The van der Waals surface area contributed by atoms with Crippen molar-refractivity contribution in [3.05, 3.63) is 35.4 Å². The predicted octanol–water partition coefficient (Wildman–Crippen LogP) is 1.75. The van der Waals surface area contributed by atoms with Gasteiger partial charge in [0.2, 0.25) is 0 Å². The van der Waals surface area contributed by atoms with Gasteiger partial charge in [0.1, 0.15) is 0 Å². The number of benzene rings is 1. The second-order valence-corrected chi connectivity index (χ2v) is 3.18. The van der Waals surface area contributed by atoms with E-state index in [4.69, 9.17) is 6.42 Å². The highest BCUT2D eigenvalue weighted by atomic mass is 16.1. The van der Waals surface area contributed by atoms with Crippen LogP contribution in [0.2, 0.25) is 0 Å². The number of nitrogens with one attached hydrogen (secondary N) is 1. The minimum Gasteiger partial charge on any atom is -0.339 e. The van der Waals surface area contributed by atoms with E-state index in [1.54, 1.807) is 13.0 Å². The van der Waals surface area contributed by atoms with E-state index >= 15 is 0 Å². The molecule has 0 aliphatic rings. The highest BCUT2D eigenvalue weighted by molar-refractivity contribution is 5.95. The maximum Gasteiger partial charge on any atom is 0.252 e. The Bertz CT molecular complexity index is 376. The number of terminal acetylenes is 1. The summed E-state index contributed by atoms with van der Waals surface area (Å²) in [6, 6.07) is 7.19. The molecule has 1 amide bonds. The van der Waals surface area contributed by atoms with Gasteiger partial charge in [0.25, 0.3) is 5.91 Å². The van der Waals surface area contributed by atoms with Crippen molar-refractivity contribution < 1.29 is 4.79 Å². The average molecular weight is 187 g/mol. The normalized spacial score (nSPS) is 11.5. The van der Waals surface area contributed by atoms with Crippen molar-refractivity contribution in [3.63, 3.8) is 0 Å². The lowest BCUT2D eigenvalue weighted by Crippen LogP contribution is -2.31. The zero-order valence-electron chi connectivity index (χ0n) is 8.37. The Kier molecular flexibility index (Phi) is 3.30. The topological polar surface area (TPSA) is 29.1 Å². The van der Waals surface area contributed by atoms with Crippen molar-refractivity contribution >= 4 is 5.91 Å². The molecule has 2 heteroatoms. The quantitative estimate of drug-likeness (QED) is 0.702. The average Bonchev–Trinajstić information content (AvgIpc) is 2.18. The van der Waals surface area contributed by atoms with E-state index in [0.717, 1.165) is 5.56 Å². The zero-order chi connectivity index (χ0) is 10.6. The molecule has 0 radical (unpaired) electrons. The Balaban J connectivity index is 2.81.